The van der Waals surface area contributed by atoms with Gasteiger partial charge in [-0.2, -0.15) is 0 Å². The number of aromatic amines is 1. The fourth-order valence-corrected chi connectivity index (χ4v) is 3.35. The Morgan fingerprint density at radius 2 is 1.91 bits per heavy atom. The van der Waals surface area contributed by atoms with E-state index in [-0.39, 0.29) is 42.4 Å². The van der Waals surface area contributed by atoms with E-state index in [2.05, 4.69) is 15.2 Å². The largest absolute Gasteiger partial charge is 0.489 e. The normalized spacial score (nSPS) is 13.7. The van der Waals surface area contributed by atoms with Crippen LogP contribution in [-0.2, 0) is 22.6 Å². The summed E-state index contributed by atoms with van der Waals surface area (Å²) in [5, 5.41) is 8.12. The van der Waals surface area contributed by atoms with Crippen molar-refractivity contribution in [1.82, 2.24) is 20.1 Å². The molecule has 1 N–H and O–H groups in total. The molecule has 1 saturated heterocycles. The van der Waals surface area contributed by atoms with Gasteiger partial charge in [-0.15, -0.1) is 10.2 Å². The number of aryl methyl sites for hydroxylation is 1. The maximum absolute atomic E-state index is 13.2. The van der Waals surface area contributed by atoms with Crippen molar-refractivity contribution < 1.29 is 18.7 Å². The fraction of sp³-hybridized carbons (Fsp3) is 0.304. The quantitative estimate of drug-likeness (QED) is 0.608. The summed E-state index contributed by atoms with van der Waals surface area (Å²) >= 11 is 0. The van der Waals surface area contributed by atoms with Gasteiger partial charge in [-0.3, -0.25) is 9.59 Å². The van der Waals surface area contributed by atoms with E-state index >= 15 is 0 Å². The van der Waals surface area contributed by atoms with Crippen LogP contribution >= 0.6 is 0 Å². The number of H-pyrrole nitrogens is 1. The summed E-state index contributed by atoms with van der Waals surface area (Å²) in [5.41, 5.74) is 1.26. The smallest absolute Gasteiger partial charge is 0.273 e. The number of hydrogen-bond donors (Lipinski definition) is 1. The lowest BCUT2D eigenvalue weighted by molar-refractivity contribution is -0.135. The third-order valence-corrected chi connectivity index (χ3v) is 5.13. The number of rotatable bonds is 7. The molecular weight excluding hydrogens is 415 g/mol. The zero-order valence-electron chi connectivity index (χ0n) is 17.4. The van der Waals surface area contributed by atoms with Gasteiger partial charge in [0.1, 0.15) is 23.9 Å². The first-order chi connectivity index (χ1) is 15.6. The molecule has 1 aliphatic heterocycles. The molecule has 2 heterocycles. The van der Waals surface area contributed by atoms with Crippen LogP contribution in [-0.4, -0.2) is 52.3 Å². The van der Waals surface area contributed by atoms with Gasteiger partial charge in [0.2, 0.25) is 5.91 Å². The molecule has 0 atom stereocenters. The van der Waals surface area contributed by atoms with Crippen LogP contribution in [0, 0.1) is 5.82 Å². The van der Waals surface area contributed by atoms with E-state index in [0.717, 1.165) is 5.56 Å². The van der Waals surface area contributed by atoms with Gasteiger partial charge in [0.25, 0.3) is 5.56 Å². The van der Waals surface area contributed by atoms with Crippen LogP contribution in [0.3, 0.4) is 0 Å². The van der Waals surface area contributed by atoms with E-state index in [1.54, 1.807) is 41.3 Å². The van der Waals surface area contributed by atoms with Gasteiger partial charge in [-0.1, -0.05) is 12.1 Å². The van der Waals surface area contributed by atoms with Crippen molar-refractivity contribution in [3.05, 3.63) is 76.0 Å². The number of nitrogens with zero attached hydrogens (tertiary/aromatic N) is 3. The average Bonchev–Trinajstić information content (AvgIpc) is 2.83. The van der Waals surface area contributed by atoms with Gasteiger partial charge in [0.15, 0.2) is 5.82 Å². The Morgan fingerprint density at radius 3 is 2.62 bits per heavy atom. The van der Waals surface area contributed by atoms with Crippen molar-refractivity contribution in [3.8, 4) is 17.1 Å². The molecule has 3 aromatic rings. The zero-order chi connectivity index (χ0) is 22.3. The van der Waals surface area contributed by atoms with Crippen LogP contribution in [0.15, 0.2) is 53.3 Å². The van der Waals surface area contributed by atoms with Gasteiger partial charge in [0.05, 0.1) is 13.2 Å². The standard InChI is InChI=1S/C23H23FN4O4/c24-18-3-1-2-16(14-18)15-32-19-6-4-17(5-7-19)22-25-23(30)20(26-27-22)8-9-21(29)28-10-12-31-13-11-28/h1-7,14H,8-13,15H2,(H,25,27,30). The second-order valence-corrected chi connectivity index (χ2v) is 7.39. The summed E-state index contributed by atoms with van der Waals surface area (Å²) in [6.07, 6.45) is 0.431. The number of carbonyl (C=O) groups is 1. The highest BCUT2D eigenvalue weighted by Crippen LogP contribution is 2.19. The van der Waals surface area contributed by atoms with E-state index in [1.165, 1.54) is 12.1 Å². The minimum atomic E-state index is -0.365. The molecule has 1 amide bonds. The first-order valence-electron chi connectivity index (χ1n) is 10.4. The molecule has 0 saturated carbocycles. The number of carbonyl (C=O) groups excluding carboxylic acids is 1. The Balaban J connectivity index is 1.34. The van der Waals surface area contributed by atoms with Crippen molar-refractivity contribution in [2.45, 2.75) is 19.4 Å². The minimum Gasteiger partial charge on any atom is -0.489 e. The summed E-state index contributed by atoms with van der Waals surface area (Å²) in [6, 6.07) is 13.2. The number of hydrogen-bond acceptors (Lipinski definition) is 6. The third kappa shape index (κ3) is 5.55. The molecule has 9 heteroatoms. The molecule has 0 aliphatic carbocycles. The van der Waals surface area contributed by atoms with Crippen LogP contribution in [0.2, 0.25) is 0 Å². The first-order valence-corrected chi connectivity index (χ1v) is 10.4. The van der Waals surface area contributed by atoms with Gasteiger partial charge >= 0.3 is 0 Å². The summed E-state index contributed by atoms with van der Waals surface area (Å²) in [7, 11) is 0. The second kappa shape index (κ2) is 10.1. The lowest BCUT2D eigenvalue weighted by atomic mass is 10.2. The van der Waals surface area contributed by atoms with E-state index < -0.39 is 0 Å². The van der Waals surface area contributed by atoms with E-state index in [0.29, 0.717) is 43.4 Å². The Morgan fingerprint density at radius 1 is 1.12 bits per heavy atom. The first kappa shape index (κ1) is 21.6. The molecule has 8 nitrogen and oxygen atoms in total. The third-order valence-electron chi connectivity index (χ3n) is 5.13. The summed E-state index contributed by atoms with van der Waals surface area (Å²) in [5.74, 6) is 0.604. The molecule has 0 bridgehead atoms. The number of amides is 1. The van der Waals surface area contributed by atoms with Crippen LogP contribution < -0.4 is 10.3 Å². The second-order valence-electron chi connectivity index (χ2n) is 7.39. The van der Waals surface area contributed by atoms with Gasteiger partial charge in [-0.05, 0) is 42.0 Å². The molecule has 0 radical (unpaired) electrons. The number of benzene rings is 2. The van der Waals surface area contributed by atoms with Crippen molar-refractivity contribution in [3.63, 3.8) is 0 Å². The van der Waals surface area contributed by atoms with Crippen molar-refractivity contribution in [2.24, 2.45) is 0 Å². The van der Waals surface area contributed by atoms with Crippen molar-refractivity contribution in [1.29, 1.82) is 0 Å². The maximum Gasteiger partial charge on any atom is 0.273 e. The molecular formula is C23H23FN4O4. The Kier molecular flexibility index (Phi) is 6.86. The average molecular weight is 438 g/mol. The van der Waals surface area contributed by atoms with E-state index in [1.807, 2.05) is 0 Å². The highest BCUT2D eigenvalue weighted by molar-refractivity contribution is 5.76. The Labute approximate surface area is 184 Å². The Bertz CT molecular complexity index is 1130. The van der Waals surface area contributed by atoms with Crippen LogP contribution in [0.25, 0.3) is 11.4 Å². The number of morpholine rings is 1. The highest BCUT2D eigenvalue weighted by atomic mass is 19.1. The minimum absolute atomic E-state index is 0.0209. The number of aromatic nitrogens is 3. The summed E-state index contributed by atoms with van der Waals surface area (Å²) in [6.45, 7) is 2.46. The number of ether oxygens (including phenoxy) is 2. The molecule has 1 fully saturated rings. The monoisotopic (exact) mass is 438 g/mol. The lowest BCUT2D eigenvalue weighted by Gasteiger charge is -2.26. The Hall–Kier alpha value is -3.59. The molecule has 32 heavy (non-hydrogen) atoms. The molecule has 2 aromatic carbocycles. The van der Waals surface area contributed by atoms with Gasteiger partial charge < -0.3 is 19.4 Å². The predicted molar refractivity (Wildman–Crippen MR) is 115 cm³/mol. The van der Waals surface area contributed by atoms with Crippen LogP contribution in [0.4, 0.5) is 4.39 Å². The summed E-state index contributed by atoms with van der Waals surface area (Å²) in [4.78, 5) is 29.1. The fourth-order valence-electron chi connectivity index (χ4n) is 3.35. The molecule has 0 unspecified atom stereocenters. The molecule has 1 aliphatic rings. The highest BCUT2D eigenvalue weighted by Gasteiger charge is 2.17. The van der Waals surface area contributed by atoms with Crippen LogP contribution in [0.5, 0.6) is 5.75 Å². The molecule has 1 aromatic heterocycles. The van der Waals surface area contributed by atoms with Crippen molar-refractivity contribution in [2.75, 3.05) is 26.3 Å². The number of nitrogens with one attached hydrogen (secondary N) is 1. The van der Waals surface area contributed by atoms with Gasteiger partial charge in [-0.25, -0.2) is 4.39 Å². The topological polar surface area (TPSA) is 97.4 Å². The van der Waals surface area contributed by atoms with Gasteiger partial charge in [0, 0.05) is 31.5 Å². The van der Waals surface area contributed by atoms with E-state index in [9.17, 15) is 14.0 Å². The van der Waals surface area contributed by atoms with Crippen molar-refractivity contribution >= 4 is 5.91 Å². The summed E-state index contributed by atoms with van der Waals surface area (Å²) < 4.78 is 24.2. The number of halogens is 1. The van der Waals surface area contributed by atoms with Crippen LogP contribution in [0.1, 0.15) is 17.7 Å². The lowest BCUT2D eigenvalue weighted by Crippen LogP contribution is -2.41. The SMILES string of the molecule is O=C(CCc1nnc(-c2ccc(OCc3cccc(F)c3)cc2)[nH]c1=O)N1CCOCC1. The molecule has 4 rings (SSSR count). The zero-order valence-corrected chi connectivity index (χ0v) is 17.4. The molecule has 0 spiro atoms. The predicted octanol–water partition coefficient (Wildman–Crippen LogP) is 2.34. The maximum atomic E-state index is 13.2. The molecule has 166 valence electrons. The van der Waals surface area contributed by atoms with E-state index in [4.69, 9.17) is 9.47 Å².